The summed E-state index contributed by atoms with van der Waals surface area (Å²) in [5.74, 6) is 1.21. The first kappa shape index (κ1) is 11.3. The molecular weight excluding hydrogens is 172 g/mol. The van der Waals surface area contributed by atoms with Crippen molar-refractivity contribution in [3.8, 4) is 0 Å². The van der Waals surface area contributed by atoms with Crippen LogP contribution in [0.15, 0.2) is 12.4 Å². The number of hydrogen-bond acceptors (Lipinski definition) is 1. The van der Waals surface area contributed by atoms with Crippen molar-refractivity contribution in [1.82, 2.24) is 9.55 Å². The first-order valence-corrected chi connectivity index (χ1v) is 5.48. The van der Waals surface area contributed by atoms with Gasteiger partial charge in [0, 0.05) is 24.9 Å². The lowest BCUT2D eigenvalue weighted by Gasteiger charge is -2.23. The largest absolute Gasteiger partial charge is 0.332 e. The third-order valence-corrected chi connectivity index (χ3v) is 2.90. The summed E-state index contributed by atoms with van der Waals surface area (Å²) in [4.78, 5) is 4.43. The topological polar surface area (TPSA) is 17.8 Å². The van der Waals surface area contributed by atoms with Gasteiger partial charge in [0.25, 0.3) is 0 Å². The Morgan fingerprint density at radius 2 is 2.07 bits per heavy atom. The summed E-state index contributed by atoms with van der Waals surface area (Å²) in [5, 5.41) is 0. The van der Waals surface area contributed by atoms with E-state index in [9.17, 15) is 0 Å². The van der Waals surface area contributed by atoms with Crippen LogP contribution in [0.1, 0.15) is 52.9 Å². The highest BCUT2D eigenvalue weighted by Crippen LogP contribution is 2.25. The van der Waals surface area contributed by atoms with Gasteiger partial charge >= 0.3 is 0 Å². The molecule has 0 atom stereocenters. The van der Waals surface area contributed by atoms with Gasteiger partial charge in [-0.2, -0.15) is 0 Å². The Morgan fingerprint density at radius 1 is 1.43 bits per heavy atom. The number of rotatable bonds is 4. The zero-order valence-electron chi connectivity index (χ0n) is 10.0. The Kier molecular flexibility index (Phi) is 3.35. The van der Waals surface area contributed by atoms with E-state index in [1.165, 1.54) is 12.2 Å². The highest BCUT2D eigenvalue weighted by Gasteiger charge is 2.19. The van der Waals surface area contributed by atoms with E-state index in [0.717, 1.165) is 6.42 Å². The van der Waals surface area contributed by atoms with Crippen LogP contribution in [-0.4, -0.2) is 9.55 Å². The molecule has 80 valence electrons. The molecule has 2 nitrogen and oxygen atoms in total. The molecule has 0 fully saturated rings. The Balaban J connectivity index is 2.81. The Labute approximate surface area is 87.4 Å². The molecular formula is C12H22N2. The number of aromatic nitrogens is 2. The lowest BCUT2D eigenvalue weighted by atomic mass is 9.86. The van der Waals surface area contributed by atoms with Crippen LogP contribution in [0, 0.1) is 5.41 Å². The molecule has 0 spiro atoms. The first-order valence-electron chi connectivity index (χ1n) is 5.48. The molecule has 0 N–H and O–H groups in total. The van der Waals surface area contributed by atoms with Gasteiger partial charge in [-0.25, -0.2) is 4.98 Å². The Hall–Kier alpha value is -0.790. The molecule has 0 saturated heterocycles. The Morgan fingerprint density at radius 3 is 2.57 bits per heavy atom. The maximum Gasteiger partial charge on any atom is 0.109 e. The number of hydrogen-bond donors (Lipinski definition) is 0. The first-order chi connectivity index (χ1) is 6.46. The number of nitrogens with zero attached hydrogens (tertiary/aromatic N) is 2. The van der Waals surface area contributed by atoms with E-state index in [-0.39, 0.29) is 0 Å². The lowest BCUT2D eigenvalue weighted by molar-refractivity contribution is 0.332. The maximum absolute atomic E-state index is 4.43. The van der Waals surface area contributed by atoms with Crippen LogP contribution in [0.5, 0.6) is 0 Å². The zero-order chi connectivity index (χ0) is 10.8. The molecule has 0 radical (unpaired) electrons. The van der Waals surface area contributed by atoms with Crippen molar-refractivity contribution in [2.75, 3.05) is 0 Å². The summed E-state index contributed by atoms with van der Waals surface area (Å²) in [5.41, 5.74) is 0.359. The molecule has 1 aromatic rings. The summed E-state index contributed by atoms with van der Waals surface area (Å²) in [6, 6.07) is 0.514. The monoisotopic (exact) mass is 194 g/mol. The van der Waals surface area contributed by atoms with Gasteiger partial charge in [0.15, 0.2) is 0 Å². The predicted molar refractivity (Wildman–Crippen MR) is 60.4 cm³/mol. The Bertz CT molecular complexity index is 284. The standard InChI is InChI=1S/C12H22N2/c1-6-12(4,5)9-11-13-7-8-14(11)10(2)3/h7-8,10H,6,9H2,1-5H3. The molecule has 0 saturated carbocycles. The fourth-order valence-electron chi connectivity index (χ4n) is 1.50. The second-order valence-electron chi connectivity index (χ2n) is 5.04. The molecule has 1 rings (SSSR count). The summed E-state index contributed by atoms with van der Waals surface area (Å²) in [7, 11) is 0. The van der Waals surface area contributed by atoms with E-state index in [2.05, 4.69) is 50.4 Å². The summed E-state index contributed by atoms with van der Waals surface area (Å²) >= 11 is 0. The normalized spacial score (nSPS) is 12.4. The highest BCUT2D eigenvalue weighted by molar-refractivity contribution is 4.97. The predicted octanol–water partition coefficient (Wildman–Crippen LogP) is 3.44. The number of imidazole rings is 1. The third kappa shape index (κ3) is 2.60. The van der Waals surface area contributed by atoms with Gasteiger partial charge in [-0.05, 0) is 19.3 Å². The molecule has 0 aliphatic carbocycles. The minimum Gasteiger partial charge on any atom is -0.332 e. The van der Waals surface area contributed by atoms with Crippen LogP contribution in [0.4, 0.5) is 0 Å². The summed E-state index contributed by atoms with van der Waals surface area (Å²) in [6.07, 6.45) is 6.24. The van der Waals surface area contributed by atoms with Crippen molar-refractivity contribution in [3.05, 3.63) is 18.2 Å². The fourth-order valence-corrected chi connectivity index (χ4v) is 1.50. The van der Waals surface area contributed by atoms with Crippen LogP contribution >= 0.6 is 0 Å². The second kappa shape index (κ2) is 4.16. The van der Waals surface area contributed by atoms with Gasteiger partial charge in [-0.15, -0.1) is 0 Å². The van der Waals surface area contributed by atoms with Gasteiger partial charge in [-0.3, -0.25) is 0 Å². The van der Waals surface area contributed by atoms with Gasteiger partial charge < -0.3 is 4.57 Å². The SMILES string of the molecule is CCC(C)(C)Cc1nccn1C(C)C. The van der Waals surface area contributed by atoms with Crippen molar-refractivity contribution >= 4 is 0 Å². The molecule has 1 aromatic heterocycles. The smallest absolute Gasteiger partial charge is 0.109 e. The third-order valence-electron chi connectivity index (χ3n) is 2.90. The average Bonchev–Trinajstić information content (AvgIpc) is 2.51. The fraction of sp³-hybridized carbons (Fsp3) is 0.750. The van der Waals surface area contributed by atoms with Crippen molar-refractivity contribution in [1.29, 1.82) is 0 Å². The molecule has 0 bridgehead atoms. The van der Waals surface area contributed by atoms with Gasteiger partial charge in [0.2, 0.25) is 0 Å². The quantitative estimate of drug-likeness (QED) is 0.718. The molecule has 2 heteroatoms. The van der Waals surface area contributed by atoms with Crippen molar-refractivity contribution in [2.45, 2.75) is 53.5 Å². The van der Waals surface area contributed by atoms with Crippen LogP contribution in [0.3, 0.4) is 0 Å². The molecule has 0 aromatic carbocycles. The van der Waals surface area contributed by atoms with Crippen LogP contribution in [0.25, 0.3) is 0 Å². The van der Waals surface area contributed by atoms with Crippen molar-refractivity contribution in [3.63, 3.8) is 0 Å². The van der Waals surface area contributed by atoms with E-state index in [1.807, 2.05) is 6.20 Å². The van der Waals surface area contributed by atoms with Crippen molar-refractivity contribution < 1.29 is 0 Å². The maximum atomic E-state index is 4.43. The van der Waals surface area contributed by atoms with Crippen LogP contribution in [-0.2, 0) is 6.42 Å². The summed E-state index contributed by atoms with van der Waals surface area (Å²) < 4.78 is 2.26. The molecule has 0 amide bonds. The average molecular weight is 194 g/mol. The minimum atomic E-state index is 0.359. The van der Waals surface area contributed by atoms with E-state index in [4.69, 9.17) is 0 Å². The van der Waals surface area contributed by atoms with Crippen LogP contribution < -0.4 is 0 Å². The lowest BCUT2D eigenvalue weighted by Crippen LogP contribution is -2.17. The molecule has 0 aliphatic rings. The van der Waals surface area contributed by atoms with Gasteiger partial charge in [0.05, 0.1) is 0 Å². The van der Waals surface area contributed by atoms with E-state index >= 15 is 0 Å². The molecule has 1 heterocycles. The van der Waals surface area contributed by atoms with Crippen molar-refractivity contribution in [2.24, 2.45) is 5.41 Å². The highest BCUT2D eigenvalue weighted by atomic mass is 15.1. The van der Waals surface area contributed by atoms with Crippen LogP contribution in [0.2, 0.25) is 0 Å². The minimum absolute atomic E-state index is 0.359. The second-order valence-corrected chi connectivity index (χ2v) is 5.04. The van der Waals surface area contributed by atoms with Gasteiger partial charge in [0.1, 0.15) is 5.82 Å². The van der Waals surface area contributed by atoms with E-state index in [0.29, 0.717) is 11.5 Å². The molecule has 0 unspecified atom stereocenters. The molecule has 0 aliphatic heterocycles. The van der Waals surface area contributed by atoms with E-state index in [1.54, 1.807) is 0 Å². The van der Waals surface area contributed by atoms with Gasteiger partial charge in [-0.1, -0.05) is 27.2 Å². The summed E-state index contributed by atoms with van der Waals surface area (Å²) in [6.45, 7) is 11.2. The molecule has 14 heavy (non-hydrogen) atoms. The van der Waals surface area contributed by atoms with E-state index < -0.39 is 0 Å². The zero-order valence-corrected chi connectivity index (χ0v) is 10.0.